The highest BCUT2D eigenvalue weighted by molar-refractivity contribution is 5.36. The standard InChI is InChI=1S/C15H11F2NO/c1-10-7-13(16)5-6-14(10)19-9-12-4-2-3-11(8-18)15(12)17/h2-7H,9H2,1H3. The van der Waals surface area contributed by atoms with E-state index in [0.717, 1.165) is 0 Å². The second-order valence-electron chi connectivity index (χ2n) is 4.09. The van der Waals surface area contributed by atoms with Crippen molar-refractivity contribution in [3.63, 3.8) is 0 Å². The molecule has 19 heavy (non-hydrogen) atoms. The van der Waals surface area contributed by atoms with Crippen molar-refractivity contribution in [2.75, 3.05) is 0 Å². The normalized spacial score (nSPS) is 10.0. The van der Waals surface area contributed by atoms with Gasteiger partial charge in [0.1, 0.15) is 30.1 Å². The maximum atomic E-state index is 13.8. The van der Waals surface area contributed by atoms with E-state index in [2.05, 4.69) is 0 Å². The topological polar surface area (TPSA) is 33.0 Å². The largest absolute Gasteiger partial charge is 0.489 e. The average Bonchev–Trinajstić information content (AvgIpc) is 2.39. The molecule has 0 fully saturated rings. The van der Waals surface area contributed by atoms with Gasteiger partial charge in [0.25, 0.3) is 0 Å². The number of hydrogen-bond acceptors (Lipinski definition) is 2. The van der Waals surface area contributed by atoms with Gasteiger partial charge in [-0.25, -0.2) is 8.78 Å². The monoisotopic (exact) mass is 259 g/mol. The van der Waals surface area contributed by atoms with E-state index in [1.807, 2.05) is 0 Å². The highest BCUT2D eigenvalue weighted by Gasteiger charge is 2.09. The Labute approximate surface area is 109 Å². The van der Waals surface area contributed by atoms with Crippen LogP contribution < -0.4 is 4.74 Å². The van der Waals surface area contributed by atoms with Gasteiger partial charge in [-0.2, -0.15) is 5.26 Å². The fourth-order valence-corrected chi connectivity index (χ4v) is 1.71. The zero-order chi connectivity index (χ0) is 13.8. The van der Waals surface area contributed by atoms with Crippen molar-refractivity contribution < 1.29 is 13.5 Å². The molecular formula is C15H11F2NO. The first-order valence-corrected chi connectivity index (χ1v) is 5.68. The second kappa shape index (κ2) is 5.49. The van der Waals surface area contributed by atoms with E-state index in [0.29, 0.717) is 16.9 Å². The minimum atomic E-state index is -0.579. The Morgan fingerprint density at radius 1 is 1.21 bits per heavy atom. The third-order valence-electron chi connectivity index (χ3n) is 2.72. The summed E-state index contributed by atoms with van der Waals surface area (Å²) in [4.78, 5) is 0. The van der Waals surface area contributed by atoms with Gasteiger partial charge < -0.3 is 4.74 Å². The predicted molar refractivity (Wildman–Crippen MR) is 66.6 cm³/mol. The number of hydrogen-bond donors (Lipinski definition) is 0. The highest BCUT2D eigenvalue weighted by Crippen LogP contribution is 2.21. The molecule has 0 spiro atoms. The smallest absolute Gasteiger partial charge is 0.147 e. The van der Waals surface area contributed by atoms with Gasteiger partial charge in [0, 0.05) is 5.56 Å². The van der Waals surface area contributed by atoms with E-state index in [4.69, 9.17) is 10.00 Å². The Morgan fingerprint density at radius 2 is 2.00 bits per heavy atom. The lowest BCUT2D eigenvalue weighted by atomic mass is 10.1. The maximum absolute atomic E-state index is 13.8. The van der Waals surface area contributed by atoms with Crippen LogP contribution in [-0.2, 0) is 6.61 Å². The number of ether oxygens (including phenoxy) is 1. The first kappa shape index (κ1) is 13.0. The van der Waals surface area contributed by atoms with Gasteiger partial charge in [-0.3, -0.25) is 0 Å². The predicted octanol–water partition coefficient (Wildman–Crippen LogP) is 3.72. The first-order chi connectivity index (χ1) is 9.11. The summed E-state index contributed by atoms with van der Waals surface area (Å²) < 4.78 is 32.1. The van der Waals surface area contributed by atoms with Crippen LogP contribution in [0.5, 0.6) is 5.75 Å². The summed E-state index contributed by atoms with van der Waals surface area (Å²) in [5, 5.41) is 8.73. The number of halogens is 2. The molecular weight excluding hydrogens is 248 g/mol. The van der Waals surface area contributed by atoms with Crippen molar-refractivity contribution in [2.45, 2.75) is 13.5 Å². The van der Waals surface area contributed by atoms with Gasteiger partial charge in [-0.1, -0.05) is 12.1 Å². The molecule has 2 nitrogen and oxygen atoms in total. The Morgan fingerprint density at radius 3 is 2.68 bits per heavy atom. The van der Waals surface area contributed by atoms with Crippen LogP contribution in [0.3, 0.4) is 0 Å². The van der Waals surface area contributed by atoms with E-state index >= 15 is 0 Å². The third-order valence-corrected chi connectivity index (χ3v) is 2.72. The number of rotatable bonds is 3. The van der Waals surface area contributed by atoms with Crippen LogP contribution in [0.4, 0.5) is 8.78 Å². The molecule has 0 aliphatic rings. The number of benzene rings is 2. The lowest BCUT2D eigenvalue weighted by Crippen LogP contribution is -2.01. The summed E-state index contributed by atoms with van der Waals surface area (Å²) >= 11 is 0. The molecule has 4 heteroatoms. The molecule has 0 N–H and O–H groups in total. The summed E-state index contributed by atoms with van der Waals surface area (Å²) in [5.74, 6) is -0.435. The van der Waals surface area contributed by atoms with Crippen LogP contribution in [0.1, 0.15) is 16.7 Å². The highest BCUT2D eigenvalue weighted by atomic mass is 19.1. The van der Waals surface area contributed by atoms with Crippen LogP contribution in [-0.4, -0.2) is 0 Å². The fraction of sp³-hybridized carbons (Fsp3) is 0.133. The van der Waals surface area contributed by atoms with Crippen molar-refractivity contribution in [3.8, 4) is 11.8 Å². The Bertz CT molecular complexity index is 647. The molecule has 0 heterocycles. The molecule has 96 valence electrons. The van der Waals surface area contributed by atoms with Crippen LogP contribution in [0.15, 0.2) is 36.4 Å². The van der Waals surface area contributed by atoms with Crippen molar-refractivity contribution in [1.29, 1.82) is 5.26 Å². The molecule has 0 saturated heterocycles. The van der Waals surface area contributed by atoms with Gasteiger partial charge in [-0.15, -0.1) is 0 Å². The summed E-state index contributed by atoms with van der Waals surface area (Å²) in [5.41, 5.74) is 0.913. The molecule has 0 amide bonds. The minimum absolute atomic E-state index is 0.00613. The molecule has 0 aromatic heterocycles. The SMILES string of the molecule is Cc1cc(F)ccc1OCc1cccc(C#N)c1F. The minimum Gasteiger partial charge on any atom is -0.489 e. The van der Waals surface area contributed by atoms with Crippen LogP contribution in [0, 0.1) is 29.9 Å². The summed E-state index contributed by atoms with van der Waals surface area (Å²) in [6, 6.07) is 10.4. The van der Waals surface area contributed by atoms with Crippen molar-refractivity contribution in [3.05, 3.63) is 64.7 Å². The Kier molecular flexibility index (Phi) is 3.76. The molecule has 0 atom stereocenters. The molecule has 0 bridgehead atoms. The van der Waals surface area contributed by atoms with Gasteiger partial charge in [0.05, 0.1) is 5.56 Å². The summed E-state index contributed by atoms with van der Waals surface area (Å²) in [6.07, 6.45) is 0. The Hall–Kier alpha value is -2.41. The van der Waals surface area contributed by atoms with Crippen LogP contribution in [0.2, 0.25) is 0 Å². The number of aryl methyl sites for hydroxylation is 1. The third kappa shape index (κ3) is 2.89. The lowest BCUT2D eigenvalue weighted by molar-refractivity contribution is 0.297. The lowest BCUT2D eigenvalue weighted by Gasteiger charge is -2.10. The molecule has 2 aromatic carbocycles. The molecule has 2 aromatic rings. The van der Waals surface area contributed by atoms with Gasteiger partial charge in [0.2, 0.25) is 0 Å². The van der Waals surface area contributed by atoms with Crippen molar-refractivity contribution >= 4 is 0 Å². The van der Waals surface area contributed by atoms with Crippen molar-refractivity contribution in [2.24, 2.45) is 0 Å². The maximum Gasteiger partial charge on any atom is 0.147 e. The van der Waals surface area contributed by atoms with Crippen LogP contribution in [0.25, 0.3) is 0 Å². The molecule has 0 unspecified atom stereocenters. The van der Waals surface area contributed by atoms with E-state index in [-0.39, 0.29) is 18.0 Å². The Balaban J connectivity index is 2.17. The fourth-order valence-electron chi connectivity index (χ4n) is 1.71. The zero-order valence-corrected chi connectivity index (χ0v) is 10.3. The van der Waals surface area contributed by atoms with Gasteiger partial charge >= 0.3 is 0 Å². The summed E-state index contributed by atoms with van der Waals surface area (Å²) in [7, 11) is 0. The number of nitriles is 1. The molecule has 0 aliphatic heterocycles. The number of nitrogens with zero attached hydrogens (tertiary/aromatic N) is 1. The van der Waals surface area contributed by atoms with Crippen molar-refractivity contribution in [1.82, 2.24) is 0 Å². The van der Waals surface area contributed by atoms with E-state index < -0.39 is 5.82 Å². The van der Waals surface area contributed by atoms with Crippen LogP contribution >= 0.6 is 0 Å². The molecule has 2 rings (SSSR count). The van der Waals surface area contributed by atoms with Gasteiger partial charge in [-0.05, 0) is 36.8 Å². The molecule has 0 radical (unpaired) electrons. The molecule has 0 saturated carbocycles. The van der Waals surface area contributed by atoms with E-state index in [1.165, 1.54) is 24.3 Å². The van der Waals surface area contributed by atoms with E-state index in [1.54, 1.807) is 25.1 Å². The quantitative estimate of drug-likeness (QED) is 0.841. The second-order valence-corrected chi connectivity index (χ2v) is 4.09. The molecule has 0 aliphatic carbocycles. The first-order valence-electron chi connectivity index (χ1n) is 5.68. The summed E-state index contributed by atoms with van der Waals surface area (Å²) in [6.45, 7) is 1.70. The average molecular weight is 259 g/mol. The van der Waals surface area contributed by atoms with E-state index in [9.17, 15) is 8.78 Å². The zero-order valence-electron chi connectivity index (χ0n) is 10.3. The van der Waals surface area contributed by atoms with Gasteiger partial charge in [0.15, 0.2) is 0 Å².